The van der Waals surface area contributed by atoms with Crippen molar-refractivity contribution in [1.29, 1.82) is 0 Å². The molecule has 0 radical (unpaired) electrons. The van der Waals surface area contributed by atoms with Crippen LogP contribution in [-0.4, -0.2) is 0 Å². The second-order valence-corrected chi connectivity index (χ2v) is 5.51. The van der Waals surface area contributed by atoms with Gasteiger partial charge < -0.3 is 5.32 Å². The van der Waals surface area contributed by atoms with Crippen molar-refractivity contribution in [1.82, 2.24) is 0 Å². The van der Waals surface area contributed by atoms with Gasteiger partial charge in [-0.3, -0.25) is 0 Å². The van der Waals surface area contributed by atoms with Gasteiger partial charge in [-0.15, -0.1) is 0 Å². The average Bonchev–Trinajstić information content (AvgIpc) is 2.96. The highest BCUT2D eigenvalue weighted by molar-refractivity contribution is 5.63. The predicted octanol–water partition coefficient (Wildman–Crippen LogP) is 4.99. The minimum Gasteiger partial charge on any atom is -0.377 e. The molecule has 102 valence electrons. The van der Waals surface area contributed by atoms with E-state index in [0.29, 0.717) is 12.0 Å². The van der Waals surface area contributed by atoms with Crippen LogP contribution in [0.25, 0.3) is 0 Å². The molecule has 3 aromatic carbocycles. The third-order valence-electron chi connectivity index (χ3n) is 4.26. The number of fused-ring (bicyclic) bond motifs is 1. The fourth-order valence-electron chi connectivity index (χ4n) is 3.30. The van der Waals surface area contributed by atoms with Crippen molar-refractivity contribution in [3.05, 3.63) is 102 Å². The van der Waals surface area contributed by atoms with E-state index >= 15 is 0 Å². The molecule has 1 aliphatic rings. The van der Waals surface area contributed by atoms with Crippen molar-refractivity contribution in [2.45, 2.75) is 12.0 Å². The monoisotopic (exact) mass is 271 g/mol. The number of benzene rings is 3. The molecule has 0 saturated heterocycles. The van der Waals surface area contributed by atoms with E-state index in [1.165, 1.54) is 22.4 Å². The fraction of sp³-hybridized carbons (Fsp3) is 0.100. The van der Waals surface area contributed by atoms with Crippen LogP contribution < -0.4 is 5.32 Å². The summed E-state index contributed by atoms with van der Waals surface area (Å²) in [6.07, 6.45) is 0. The van der Waals surface area contributed by atoms with Crippen LogP contribution in [0.2, 0.25) is 0 Å². The van der Waals surface area contributed by atoms with Crippen molar-refractivity contribution < 1.29 is 0 Å². The molecule has 0 saturated carbocycles. The smallest absolute Gasteiger partial charge is 0.0623 e. The Balaban J connectivity index is 1.85. The van der Waals surface area contributed by atoms with E-state index < -0.39 is 0 Å². The molecule has 0 bridgehead atoms. The van der Waals surface area contributed by atoms with Crippen LogP contribution in [0.5, 0.6) is 0 Å². The molecule has 1 heteroatoms. The third kappa shape index (κ3) is 2.11. The molecule has 1 N–H and O–H groups in total. The molecule has 0 spiro atoms. The Morgan fingerprint density at radius 2 is 1.14 bits per heavy atom. The molecule has 4 rings (SSSR count). The molecule has 1 aliphatic heterocycles. The maximum atomic E-state index is 3.70. The highest BCUT2D eigenvalue weighted by Gasteiger charge is 2.33. The number of anilines is 1. The summed E-state index contributed by atoms with van der Waals surface area (Å²) in [5.74, 6) is 0.366. The van der Waals surface area contributed by atoms with Gasteiger partial charge in [0.05, 0.1) is 6.04 Å². The van der Waals surface area contributed by atoms with E-state index in [4.69, 9.17) is 0 Å². The van der Waals surface area contributed by atoms with Gasteiger partial charge in [0.15, 0.2) is 0 Å². The summed E-state index contributed by atoms with van der Waals surface area (Å²) in [6, 6.07) is 30.4. The zero-order valence-corrected chi connectivity index (χ0v) is 11.7. The summed E-state index contributed by atoms with van der Waals surface area (Å²) in [5, 5.41) is 3.70. The summed E-state index contributed by atoms with van der Waals surface area (Å²) >= 11 is 0. The van der Waals surface area contributed by atoms with Gasteiger partial charge in [0.1, 0.15) is 0 Å². The molecular weight excluding hydrogens is 254 g/mol. The van der Waals surface area contributed by atoms with Crippen LogP contribution >= 0.6 is 0 Å². The van der Waals surface area contributed by atoms with Gasteiger partial charge in [-0.1, -0.05) is 78.9 Å². The second kappa shape index (κ2) is 5.10. The first-order valence-electron chi connectivity index (χ1n) is 7.39. The lowest BCUT2D eigenvalue weighted by Gasteiger charge is -2.21. The van der Waals surface area contributed by atoms with Crippen LogP contribution in [0.3, 0.4) is 0 Å². The van der Waals surface area contributed by atoms with Gasteiger partial charge in [-0.2, -0.15) is 0 Å². The van der Waals surface area contributed by atoms with Gasteiger partial charge in [0.25, 0.3) is 0 Å². The average molecular weight is 271 g/mol. The maximum Gasteiger partial charge on any atom is 0.0623 e. The van der Waals surface area contributed by atoms with Crippen LogP contribution in [0.1, 0.15) is 28.7 Å². The van der Waals surface area contributed by atoms with E-state index in [1.54, 1.807) is 0 Å². The number of para-hydroxylation sites is 1. The quantitative estimate of drug-likeness (QED) is 0.692. The fourth-order valence-corrected chi connectivity index (χ4v) is 3.30. The zero-order chi connectivity index (χ0) is 14.1. The largest absolute Gasteiger partial charge is 0.377 e. The van der Waals surface area contributed by atoms with E-state index in [0.717, 1.165) is 0 Å². The molecule has 0 unspecified atom stereocenters. The topological polar surface area (TPSA) is 12.0 Å². The van der Waals surface area contributed by atoms with E-state index in [9.17, 15) is 0 Å². The lowest BCUT2D eigenvalue weighted by molar-refractivity contribution is 0.713. The standard InChI is InChI=1S/C20H17N/c1-3-9-15(10-4-1)19-17-13-7-8-14-18(17)21-20(19)16-11-5-2-6-12-16/h1-14,19-21H/t19-,20-/m0/s1. The first-order valence-corrected chi connectivity index (χ1v) is 7.39. The minimum absolute atomic E-state index is 0.297. The third-order valence-corrected chi connectivity index (χ3v) is 4.26. The Kier molecular flexibility index (Phi) is 2.97. The van der Waals surface area contributed by atoms with Gasteiger partial charge in [0.2, 0.25) is 0 Å². The lowest BCUT2D eigenvalue weighted by atomic mass is 9.85. The maximum absolute atomic E-state index is 3.70. The molecule has 0 amide bonds. The van der Waals surface area contributed by atoms with Gasteiger partial charge in [0, 0.05) is 11.6 Å². The predicted molar refractivity (Wildman–Crippen MR) is 87.5 cm³/mol. The van der Waals surface area contributed by atoms with Crippen LogP contribution in [0.15, 0.2) is 84.9 Å². The normalized spacial score (nSPS) is 19.8. The Hall–Kier alpha value is -2.54. The molecule has 1 nitrogen and oxygen atoms in total. The Morgan fingerprint density at radius 3 is 1.86 bits per heavy atom. The van der Waals surface area contributed by atoms with Gasteiger partial charge >= 0.3 is 0 Å². The number of nitrogens with one attached hydrogen (secondary N) is 1. The summed E-state index contributed by atoms with van der Waals surface area (Å²) < 4.78 is 0. The molecule has 2 atom stereocenters. The van der Waals surface area contributed by atoms with E-state index in [-0.39, 0.29) is 0 Å². The van der Waals surface area contributed by atoms with Crippen molar-refractivity contribution in [3.63, 3.8) is 0 Å². The van der Waals surface area contributed by atoms with Crippen LogP contribution in [-0.2, 0) is 0 Å². The molecule has 0 fully saturated rings. The van der Waals surface area contributed by atoms with Crippen LogP contribution in [0, 0.1) is 0 Å². The van der Waals surface area contributed by atoms with Crippen molar-refractivity contribution in [2.24, 2.45) is 0 Å². The van der Waals surface area contributed by atoms with E-state index in [2.05, 4.69) is 90.2 Å². The highest BCUT2D eigenvalue weighted by Crippen LogP contribution is 2.47. The molecule has 0 aromatic heterocycles. The molecule has 1 heterocycles. The number of hydrogen-bond acceptors (Lipinski definition) is 1. The Morgan fingerprint density at radius 1 is 0.571 bits per heavy atom. The van der Waals surface area contributed by atoms with E-state index in [1.807, 2.05) is 0 Å². The van der Waals surface area contributed by atoms with Crippen LogP contribution in [0.4, 0.5) is 5.69 Å². The molecule has 21 heavy (non-hydrogen) atoms. The van der Waals surface area contributed by atoms with Crippen molar-refractivity contribution in [3.8, 4) is 0 Å². The first-order chi connectivity index (χ1) is 10.4. The number of hydrogen-bond donors (Lipinski definition) is 1. The van der Waals surface area contributed by atoms with Gasteiger partial charge in [-0.25, -0.2) is 0 Å². The lowest BCUT2D eigenvalue weighted by Crippen LogP contribution is -2.12. The summed E-state index contributed by atoms with van der Waals surface area (Å²) in [4.78, 5) is 0. The Labute approximate surface area is 125 Å². The second-order valence-electron chi connectivity index (χ2n) is 5.51. The minimum atomic E-state index is 0.297. The molecule has 3 aromatic rings. The van der Waals surface area contributed by atoms with Crippen molar-refractivity contribution in [2.75, 3.05) is 5.32 Å². The zero-order valence-electron chi connectivity index (χ0n) is 11.7. The van der Waals surface area contributed by atoms with Gasteiger partial charge in [-0.05, 0) is 22.8 Å². The highest BCUT2D eigenvalue weighted by atomic mass is 15.0. The molecular formula is C20H17N. The molecule has 0 aliphatic carbocycles. The number of rotatable bonds is 2. The Bertz CT molecular complexity index is 734. The summed E-state index contributed by atoms with van der Waals surface area (Å²) in [6.45, 7) is 0. The summed E-state index contributed by atoms with van der Waals surface area (Å²) in [5.41, 5.74) is 5.34. The SMILES string of the molecule is c1ccc([C@H]2c3ccccc3N[C@H]2c2ccccc2)cc1. The first kappa shape index (κ1) is 12.2. The van der Waals surface area contributed by atoms with Crippen molar-refractivity contribution >= 4 is 5.69 Å². The summed E-state index contributed by atoms with van der Waals surface area (Å²) in [7, 11) is 0.